The van der Waals surface area contributed by atoms with Crippen LogP contribution in [0.15, 0.2) is 12.7 Å². The van der Waals surface area contributed by atoms with E-state index in [0.717, 1.165) is 0 Å². The van der Waals surface area contributed by atoms with Crippen molar-refractivity contribution in [2.75, 3.05) is 6.61 Å². The molecule has 3 atom stereocenters. The van der Waals surface area contributed by atoms with E-state index in [1.807, 2.05) is 0 Å². The van der Waals surface area contributed by atoms with Gasteiger partial charge in [0.05, 0.1) is 6.61 Å². The van der Waals surface area contributed by atoms with Gasteiger partial charge in [0.1, 0.15) is 6.10 Å². The average Bonchev–Trinajstić information content (AvgIpc) is 2.58. The molecule has 1 aliphatic heterocycles. The van der Waals surface area contributed by atoms with Gasteiger partial charge in [0.15, 0.2) is 5.79 Å². The lowest BCUT2D eigenvalue weighted by atomic mass is 9.99. The zero-order valence-electron chi connectivity index (χ0n) is 11.5. The maximum Gasteiger partial charge on any atom is 0.305 e. The Bertz CT molecular complexity index is 338. The smallest absolute Gasteiger partial charge is 0.305 e. The first-order valence-electron chi connectivity index (χ1n) is 6.08. The molecule has 108 valence electrons. The molecule has 0 aromatic carbocycles. The van der Waals surface area contributed by atoms with Crippen molar-refractivity contribution >= 4 is 12.4 Å². The third-order valence-electron chi connectivity index (χ3n) is 2.68. The molecular formula is C13H20O6. The van der Waals surface area contributed by atoms with Crippen molar-refractivity contribution in [3.05, 3.63) is 12.7 Å². The minimum absolute atomic E-state index is 0.150. The lowest BCUT2D eigenvalue weighted by Crippen LogP contribution is -2.36. The molecule has 1 aliphatic rings. The van der Waals surface area contributed by atoms with Crippen LogP contribution >= 0.6 is 0 Å². The Balaban J connectivity index is 2.80. The van der Waals surface area contributed by atoms with Gasteiger partial charge in [0, 0.05) is 12.8 Å². The molecule has 1 fully saturated rings. The third kappa shape index (κ3) is 4.65. The van der Waals surface area contributed by atoms with E-state index < -0.39 is 24.2 Å². The van der Waals surface area contributed by atoms with Crippen LogP contribution in [0.5, 0.6) is 0 Å². The van der Waals surface area contributed by atoms with Crippen LogP contribution in [-0.4, -0.2) is 37.2 Å². The number of rotatable bonds is 7. The van der Waals surface area contributed by atoms with E-state index in [0.29, 0.717) is 12.9 Å². The summed E-state index contributed by atoms with van der Waals surface area (Å²) in [5.74, 6) is -1.50. The Hall–Kier alpha value is -1.40. The van der Waals surface area contributed by atoms with Crippen LogP contribution in [0.2, 0.25) is 0 Å². The second kappa shape index (κ2) is 6.68. The molecule has 19 heavy (non-hydrogen) atoms. The van der Waals surface area contributed by atoms with Gasteiger partial charge in [-0.1, -0.05) is 6.08 Å². The van der Waals surface area contributed by atoms with Gasteiger partial charge >= 0.3 is 5.97 Å². The fraction of sp³-hybridized carbons (Fsp3) is 0.692. The molecule has 6 heteroatoms. The lowest BCUT2D eigenvalue weighted by Gasteiger charge is -2.24. The summed E-state index contributed by atoms with van der Waals surface area (Å²) < 4.78 is 21.1. The van der Waals surface area contributed by atoms with E-state index in [1.54, 1.807) is 19.9 Å². The second-order valence-corrected chi connectivity index (χ2v) is 4.79. The number of hydrogen-bond donors (Lipinski definition) is 0. The first kappa shape index (κ1) is 15.7. The highest BCUT2D eigenvalue weighted by atomic mass is 16.8. The van der Waals surface area contributed by atoms with Gasteiger partial charge in [0.2, 0.25) is 6.29 Å². The lowest BCUT2D eigenvalue weighted by molar-refractivity contribution is -0.196. The van der Waals surface area contributed by atoms with Crippen molar-refractivity contribution < 1.29 is 28.5 Å². The summed E-state index contributed by atoms with van der Waals surface area (Å²) in [7, 11) is 0. The Morgan fingerprint density at radius 2 is 2.16 bits per heavy atom. The molecule has 1 rings (SSSR count). The van der Waals surface area contributed by atoms with Crippen LogP contribution in [-0.2, 0) is 28.5 Å². The van der Waals surface area contributed by atoms with Crippen LogP contribution < -0.4 is 0 Å². The first-order valence-corrected chi connectivity index (χ1v) is 6.08. The van der Waals surface area contributed by atoms with E-state index in [4.69, 9.17) is 18.9 Å². The Kier molecular flexibility index (Phi) is 5.50. The van der Waals surface area contributed by atoms with Gasteiger partial charge in [0.25, 0.3) is 6.47 Å². The molecule has 0 amide bonds. The Morgan fingerprint density at radius 1 is 1.47 bits per heavy atom. The largest absolute Gasteiger partial charge is 0.467 e. The van der Waals surface area contributed by atoms with Crippen molar-refractivity contribution in [3.63, 3.8) is 0 Å². The summed E-state index contributed by atoms with van der Waals surface area (Å²) in [5, 5.41) is 0. The van der Waals surface area contributed by atoms with Crippen LogP contribution in [0.3, 0.4) is 0 Å². The zero-order chi connectivity index (χ0) is 14.5. The van der Waals surface area contributed by atoms with Crippen LogP contribution in [0.25, 0.3) is 0 Å². The molecule has 0 spiro atoms. The van der Waals surface area contributed by atoms with E-state index in [2.05, 4.69) is 6.58 Å². The van der Waals surface area contributed by atoms with Gasteiger partial charge in [-0.25, -0.2) is 0 Å². The maximum absolute atomic E-state index is 11.1. The SMILES string of the molecule is C=CC[C@H](COC=O)[C@@H]1OC(C)(C)OC1OC(C)=O. The minimum atomic E-state index is -0.856. The molecule has 0 aromatic heterocycles. The minimum Gasteiger partial charge on any atom is -0.467 e. The van der Waals surface area contributed by atoms with Gasteiger partial charge in [-0.05, 0) is 20.3 Å². The van der Waals surface area contributed by atoms with Crippen LogP contribution in [0.4, 0.5) is 0 Å². The maximum atomic E-state index is 11.1. The predicted molar refractivity (Wildman–Crippen MR) is 65.9 cm³/mol. The molecule has 1 saturated heterocycles. The van der Waals surface area contributed by atoms with Gasteiger partial charge in [-0.2, -0.15) is 0 Å². The van der Waals surface area contributed by atoms with Crippen molar-refractivity contribution in [2.24, 2.45) is 5.92 Å². The molecule has 1 heterocycles. The molecule has 0 aliphatic carbocycles. The number of allylic oxidation sites excluding steroid dienone is 1. The normalized spacial score (nSPS) is 26.5. The van der Waals surface area contributed by atoms with Crippen molar-refractivity contribution in [3.8, 4) is 0 Å². The van der Waals surface area contributed by atoms with E-state index in [-0.39, 0.29) is 12.5 Å². The highest BCUT2D eigenvalue weighted by molar-refractivity contribution is 5.66. The molecule has 0 aromatic rings. The van der Waals surface area contributed by atoms with Crippen molar-refractivity contribution in [2.45, 2.75) is 45.4 Å². The summed E-state index contributed by atoms with van der Waals surface area (Å²) in [6.45, 7) is 8.94. The molecule has 0 bridgehead atoms. The quantitative estimate of drug-likeness (QED) is 0.396. The molecule has 0 radical (unpaired) electrons. The monoisotopic (exact) mass is 272 g/mol. The second-order valence-electron chi connectivity index (χ2n) is 4.79. The number of carbonyl (C=O) groups is 2. The highest BCUT2D eigenvalue weighted by Gasteiger charge is 2.46. The number of esters is 1. The molecule has 6 nitrogen and oxygen atoms in total. The molecule has 1 unspecified atom stereocenters. The molecule has 0 N–H and O–H groups in total. The fourth-order valence-corrected chi connectivity index (χ4v) is 2.00. The third-order valence-corrected chi connectivity index (χ3v) is 2.68. The van der Waals surface area contributed by atoms with Gasteiger partial charge in [-0.15, -0.1) is 6.58 Å². The van der Waals surface area contributed by atoms with Crippen LogP contribution in [0, 0.1) is 5.92 Å². The standard InChI is InChI=1S/C13H20O6/c1-5-6-10(7-16-8-14)11-12(17-9(2)15)19-13(3,4)18-11/h5,8,10-12H,1,6-7H2,2-4H3/t10-,11+,12?/m1/s1. The Morgan fingerprint density at radius 3 is 2.68 bits per heavy atom. The molecule has 0 saturated carbocycles. The van der Waals surface area contributed by atoms with Crippen LogP contribution in [0.1, 0.15) is 27.2 Å². The first-order chi connectivity index (χ1) is 8.89. The summed E-state index contributed by atoms with van der Waals surface area (Å²) >= 11 is 0. The predicted octanol–water partition coefficient (Wildman–Crippen LogP) is 1.39. The van der Waals surface area contributed by atoms with Crippen molar-refractivity contribution in [1.82, 2.24) is 0 Å². The van der Waals surface area contributed by atoms with Crippen molar-refractivity contribution in [1.29, 1.82) is 0 Å². The fourth-order valence-electron chi connectivity index (χ4n) is 2.00. The summed E-state index contributed by atoms with van der Waals surface area (Å²) in [6, 6.07) is 0. The molecular weight excluding hydrogens is 252 g/mol. The Labute approximate surface area is 112 Å². The zero-order valence-corrected chi connectivity index (χ0v) is 11.5. The summed E-state index contributed by atoms with van der Waals surface area (Å²) in [4.78, 5) is 21.4. The van der Waals surface area contributed by atoms with E-state index in [9.17, 15) is 9.59 Å². The summed E-state index contributed by atoms with van der Waals surface area (Å²) in [6.07, 6.45) is 0.929. The average molecular weight is 272 g/mol. The number of carbonyl (C=O) groups excluding carboxylic acids is 2. The number of ether oxygens (including phenoxy) is 4. The van der Waals surface area contributed by atoms with Gasteiger partial charge in [-0.3, -0.25) is 9.59 Å². The van der Waals surface area contributed by atoms with Gasteiger partial charge < -0.3 is 18.9 Å². The van der Waals surface area contributed by atoms with E-state index in [1.165, 1.54) is 6.92 Å². The summed E-state index contributed by atoms with van der Waals surface area (Å²) in [5.41, 5.74) is 0. The van der Waals surface area contributed by atoms with E-state index >= 15 is 0 Å². The highest BCUT2D eigenvalue weighted by Crippen LogP contribution is 2.34. The number of hydrogen-bond acceptors (Lipinski definition) is 6. The topological polar surface area (TPSA) is 71.1 Å².